The van der Waals surface area contributed by atoms with Gasteiger partial charge in [0, 0.05) is 61.9 Å². The van der Waals surface area contributed by atoms with Gasteiger partial charge in [-0.3, -0.25) is 4.98 Å². The summed E-state index contributed by atoms with van der Waals surface area (Å²) in [5.74, 6) is 2.19. The van der Waals surface area contributed by atoms with Gasteiger partial charge in [-0.2, -0.15) is 0 Å². The average molecular weight is 515 g/mol. The fourth-order valence-corrected chi connectivity index (χ4v) is 5.35. The summed E-state index contributed by atoms with van der Waals surface area (Å²) >= 11 is 12.7. The standard InChI is InChI=1S/C27H33Cl2N5O/c1-4-17(2)26(19-5-8-25(33-14-19)34-11-9-31-10-12-34)21-13-20(6-7-24(21)30)35-18(3)27-22(28)15-32-16-23(27)29/h5-8,13-18,26,31H,4,9-12,30H2,1-3H3/t17?,18-,26?/m1/s1. The molecule has 8 heteroatoms. The first kappa shape index (κ1) is 25.5. The maximum Gasteiger partial charge on any atom is 0.128 e. The molecule has 6 nitrogen and oxygen atoms in total. The molecule has 0 bridgehead atoms. The molecule has 3 heterocycles. The van der Waals surface area contributed by atoms with Crippen LogP contribution in [-0.4, -0.2) is 36.1 Å². The number of pyridine rings is 2. The number of anilines is 2. The largest absolute Gasteiger partial charge is 0.486 e. The molecule has 1 fully saturated rings. The number of aromatic nitrogens is 2. The van der Waals surface area contributed by atoms with E-state index in [1.165, 1.54) is 0 Å². The van der Waals surface area contributed by atoms with Crippen LogP contribution in [0.25, 0.3) is 0 Å². The Morgan fingerprint density at radius 2 is 1.77 bits per heavy atom. The zero-order valence-corrected chi connectivity index (χ0v) is 22.0. The number of halogens is 2. The molecule has 0 aliphatic carbocycles. The van der Waals surface area contributed by atoms with Crippen LogP contribution in [0.3, 0.4) is 0 Å². The number of benzene rings is 1. The first-order chi connectivity index (χ1) is 16.9. The Bertz CT molecular complexity index is 1110. The third-order valence-corrected chi connectivity index (χ3v) is 7.39. The van der Waals surface area contributed by atoms with Crippen LogP contribution in [0, 0.1) is 5.92 Å². The molecule has 0 saturated carbocycles. The number of nitrogens with zero attached hydrogens (tertiary/aromatic N) is 3. The van der Waals surface area contributed by atoms with Crippen LogP contribution in [0.2, 0.25) is 10.0 Å². The Labute approximate surface area is 217 Å². The molecule has 1 aliphatic rings. The first-order valence-electron chi connectivity index (χ1n) is 12.2. The number of ether oxygens (including phenoxy) is 1. The molecule has 1 aromatic carbocycles. The van der Waals surface area contributed by atoms with Crippen molar-refractivity contribution in [1.82, 2.24) is 15.3 Å². The van der Waals surface area contributed by atoms with Crippen LogP contribution < -0.4 is 20.7 Å². The van der Waals surface area contributed by atoms with E-state index in [2.05, 4.69) is 41.2 Å². The van der Waals surface area contributed by atoms with Crippen LogP contribution in [-0.2, 0) is 0 Å². The Kier molecular flexibility index (Phi) is 8.37. The van der Waals surface area contributed by atoms with Crippen molar-refractivity contribution in [2.45, 2.75) is 39.2 Å². The fourth-order valence-electron chi connectivity index (χ4n) is 4.68. The van der Waals surface area contributed by atoms with E-state index in [4.69, 9.17) is 38.7 Å². The summed E-state index contributed by atoms with van der Waals surface area (Å²) in [6.45, 7) is 10.3. The van der Waals surface area contributed by atoms with E-state index in [-0.39, 0.29) is 12.0 Å². The van der Waals surface area contributed by atoms with E-state index >= 15 is 0 Å². The highest BCUT2D eigenvalue weighted by atomic mass is 35.5. The zero-order valence-electron chi connectivity index (χ0n) is 20.5. The van der Waals surface area contributed by atoms with Gasteiger partial charge in [-0.15, -0.1) is 0 Å². The molecule has 3 aromatic rings. The van der Waals surface area contributed by atoms with E-state index in [0.29, 0.717) is 27.3 Å². The highest BCUT2D eigenvalue weighted by molar-refractivity contribution is 6.35. The van der Waals surface area contributed by atoms with Crippen LogP contribution in [0.1, 0.15) is 55.9 Å². The summed E-state index contributed by atoms with van der Waals surface area (Å²) in [6.07, 6.45) is 5.81. The Morgan fingerprint density at radius 1 is 1.06 bits per heavy atom. The molecule has 0 radical (unpaired) electrons. The van der Waals surface area contributed by atoms with Gasteiger partial charge in [-0.25, -0.2) is 4.98 Å². The fraction of sp³-hybridized carbons (Fsp3) is 0.407. The van der Waals surface area contributed by atoms with Crippen molar-refractivity contribution in [1.29, 1.82) is 0 Å². The molecule has 1 saturated heterocycles. The van der Waals surface area contributed by atoms with E-state index in [0.717, 1.165) is 55.2 Å². The van der Waals surface area contributed by atoms with Gasteiger partial charge in [0.2, 0.25) is 0 Å². The average Bonchev–Trinajstić information content (AvgIpc) is 2.87. The molecule has 2 aromatic heterocycles. The van der Waals surface area contributed by atoms with E-state index in [1.807, 2.05) is 31.3 Å². The minimum absolute atomic E-state index is 0.0940. The third kappa shape index (κ3) is 5.83. The monoisotopic (exact) mass is 513 g/mol. The molecule has 1 aliphatic heterocycles. The van der Waals surface area contributed by atoms with E-state index in [1.54, 1.807) is 12.4 Å². The zero-order chi connectivity index (χ0) is 24.9. The lowest BCUT2D eigenvalue weighted by Gasteiger charge is -2.29. The van der Waals surface area contributed by atoms with Gasteiger partial charge in [0.25, 0.3) is 0 Å². The second kappa shape index (κ2) is 11.5. The van der Waals surface area contributed by atoms with Crippen molar-refractivity contribution in [3.05, 3.63) is 75.7 Å². The summed E-state index contributed by atoms with van der Waals surface area (Å²) in [5, 5.41) is 4.35. The van der Waals surface area contributed by atoms with Gasteiger partial charge in [-0.05, 0) is 48.2 Å². The molecule has 3 N–H and O–H groups in total. The number of nitrogen functional groups attached to an aromatic ring is 1. The number of rotatable bonds is 8. The van der Waals surface area contributed by atoms with Gasteiger partial charge in [0.15, 0.2) is 0 Å². The minimum atomic E-state index is -0.350. The molecule has 4 rings (SSSR count). The number of nitrogens with one attached hydrogen (secondary N) is 1. The van der Waals surface area contributed by atoms with Crippen molar-refractivity contribution in [3.8, 4) is 5.75 Å². The lowest BCUT2D eigenvalue weighted by molar-refractivity contribution is 0.226. The van der Waals surface area contributed by atoms with Crippen LogP contribution in [0.5, 0.6) is 5.75 Å². The highest BCUT2D eigenvalue weighted by Crippen LogP contribution is 2.40. The van der Waals surface area contributed by atoms with Crippen molar-refractivity contribution < 1.29 is 4.74 Å². The van der Waals surface area contributed by atoms with Crippen LogP contribution in [0.15, 0.2) is 48.9 Å². The maximum atomic E-state index is 6.52. The van der Waals surface area contributed by atoms with Crippen LogP contribution in [0.4, 0.5) is 11.5 Å². The number of hydrogen-bond acceptors (Lipinski definition) is 6. The molecule has 35 heavy (non-hydrogen) atoms. The Balaban J connectivity index is 1.63. The molecular formula is C27H33Cl2N5O. The lowest BCUT2D eigenvalue weighted by atomic mass is 9.80. The smallest absolute Gasteiger partial charge is 0.128 e. The Hall–Kier alpha value is -2.54. The summed E-state index contributed by atoms with van der Waals surface area (Å²) in [4.78, 5) is 11.2. The normalized spacial score (nSPS) is 16.5. The molecular weight excluding hydrogens is 481 g/mol. The number of nitrogens with two attached hydrogens (primary N) is 1. The van der Waals surface area contributed by atoms with Gasteiger partial charge < -0.3 is 20.7 Å². The van der Waals surface area contributed by atoms with Crippen molar-refractivity contribution in [3.63, 3.8) is 0 Å². The van der Waals surface area contributed by atoms with Gasteiger partial charge >= 0.3 is 0 Å². The molecule has 186 valence electrons. The molecule has 0 spiro atoms. The topological polar surface area (TPSA) is 76.3 Å². The predicted molar refractivity (Wildman–Crippen MR) is 145 cm³/mol. The molecule has 0 amide bonds. The third-order valence-electron chi connectivity index (χ3n) is 6.79. The summed E-state index contributed by atoms with van der Waals surface area (Å²) in [5.41, 5.74) is 10.2. The summed E-state index contributed by atoms with van der Waals surface area (Å²) in [6, 6.07) is 10.1. The summed E-state index contributed by atoms with van der Waals surface area (Å²) in [7, 11) is 0. The van der Waals surface area contributed by atoms with E-state index in [9.17, 15) is 0 Å². The first-order valence-corrected chi connectivity index (χ1v) is 12.9. The van der Waals surface area contributed by atoms with Crippen molar-refractivity contribution >= 4 is 34.7 Å². The quantitative estimate of drug-likeness (QED) is 0.354. The molecule has 3 atom stereocenters. The number of piperazine rings is 1. The number of hydrogen-bond donors (Lipinski definition) is 2. The predicted octanol–water partition coefficient (Wildman–Crippen LogP) is 6.09. The maximum absolute atomic E-state index is 6.52. The Morgan fingerprint density at radius 3 is 2.40 bits per heavy atom. The highest BCUT2D eigenvalue weighted by Gasteiger charge is 2.25. The van der Waals surface area contributed by atoms with Crippen molar-refractivity contribution in [2.24, 2.45) is 5.92 Å². The second-order valence-electron chi connectivity index (χ2n) is 9.12. The summed E-state index contributed by atoms with van der Waals surface area (Å²) < 4.78 is 6.28. The minimum Gasteiger partial charge on any atom is -0.486 e. The van der Waals surface area contributed by atoms with Crippen molar-refractivity contribution in [2.75, 3.05) is 36.8 Å². The van der Waals surface area contributed by atoms with Gasteiger partial charge in [-0.1, -0.05) is 49.5 Å². The lowest BCUT2D eigenvalue weighted by Crippen LogP contribution is -2.43. The van der Waals surface area contributed by atoms with E-state index < -0.39 is 0 Å². The van der Waals surface area contributed by atoms with Gasteiger partial charge in [0.1, 0.15) is 17.7 Å². The molecule has 2 unspecified atom stereocenters. The SMILES string of the molecule is CCC(C)C(c1ccc(N2CCNCC2)nc1)c1cc(O[C@H](C)c2c(Cl)cncc2Cl)ccc1N. The van der Waals surface area contributed by atoms with Gasteiger partial charge in [0.05, 0.1) is 10.0 Å². The van der Waals surface area contributed by atoms with Crippen LogP contribution >= 0.6 is 23.2 Å². The second-order valence-corrected chi connectivity index (χ2v) is 9.93.